The zero-order valence-electron chi connectivity index (χ0n) is 6.20. The molecular formula is C8H7ClN2O. The Morgan fingerprint density at radius 1 is 1.67 bits per heavy atom. The third-order valence-electron chi connectivity index (χ3n) is 1.22. The molecule has 0 spiro atoms. The second kappa shape index (κ2) is 3.88. The quantitative estimate of drug-likeness (QED) is 0.553. The highest BCUT2D eigenvalue weighted by molar-refractivity contribution is 6.30. The third-order valence-corrected chi connectivity index (χ3v) is 1.53. The van der Waals surface area contributed by atoms with E-state index in [0.717, 1.165) is 0 Å². The maximum Gasteiger partial charge on any atom is 0.241 e. The number of rotatable bonds is 2. The van der Waals surface area contributed by atoms with Crippen LogP contribution in [0.5, 0.6) is 0 Å². The maximum absolute atomic E-state index is 10.4. The van der Waals surface area contributed by atoms with E-state index in [9.17, 15) is 4.79 Å². The fourth-order valence-electron chi connectivity index (χ4n) is 0.695. The molecule has 0 saturated carbocycles. The molecule has 1 heterocycles. The van der Waals surface area contributed by atoms with Crippen LogP contribution in [0, 0.1) is 0 Å². The number of amides is 1. The summed E-state index contributed by atoms with van der Waals surface area (Å²) in [4.78, 5) is 14.2. The standard InChI is InChI=1S/C8H7ClN2O/c9-8-6(2-1-5-11-8)3-4-7(10)12/h1-5H,(H2,10,12)/b4-3+. The second-order valence-electron chi connectivity index (χ2n) is 2.12. The number of aromatic nitrogens is 1. The SMILES string of the molecule is NC(=O)/C=C/c1cccnc1Cl. The lowest BCUT2D eigenvalue weighted by Crippen LogP contribution is -2.05. The molecule has 0 saturated heterocycles. The van der Waals surface area contributed by atoms with E-state index in [1.807, 2.05) is 0 Å². The lowest BCUT2D eigenvalue weighted by Gasteiger charge is -1.93. The summed E-state index contributed by atoms with van der Waals surface area (Å²) in [6, 6.07) is 3.47. The van der Waals surface area contributed by atoms with Gasteiger partial charge < -0.3 is 5.73 Å². The van der Waals surface area contributed by atoms with Crippen molar-refractivity contribution in [2.45, 2.75) is 0 Å². The zero-order valence-corrected chi connectivity index (χ0v) is 6.95. The van der Waals surface area contributed by atoms with E-state index in [2.05, 4.69) is 4.98 Å². The van der Waals surface area contributed by atoms with Crippen molar-refractivity contribution in [3.05, 3.63) is 35.1 Å². The number of hydrogen-bond acceptors (Lipinski definition) is 2. The monoisotopic (exact) mass is 182 g/mol. The Balaban J connectivity index is 2.89. The van der Waals surface area contributed by atoms with Crippen LogP contribution in [0.2, 0.25) is 5.15 Å². The van der Waals surface area contributed by atoms with Gasteiger partial charge in [0.15, 0.2) is 0 Å². The van der Waals surface area contributed by atoms with Gasteiger partial charge in [0, 0.05) is 17.8 Å². The van der Waals surface area contributed by atoms with Crippen LogP contribution in [0.15, 0.2) is 24.4 Å². The summed E-state index contributed by atoms with van der Waals surface area (Å²) >= 11 is 5.69. The van der Waals surface area contributed by atoms with Gasteiger partial charge in [0.25, 0.3) is 0 Å². The normalized spacial score (nSPS) is 10.4. The highest BCUT2D eigenvalue weighted by Crippen LogP contribution is 2.12. The lowest BCUT2D eigenvalue weighted by atomic mass is 10.2. The molecule has 1 aromatic rings. The summed E-state index contributed by atoms with van der Waals surface area (Å²) in [5.41, 5.74) is 5.58. The fraction of sp³-hybridized carbons (Fsp3) is 0. The number of hydrogen-bond donors (Lipinski definition) is 1. The first-order chi connectivity index (χ1) is 5.70. The predicted molar refractivity (Wildman–Crippen MR) is 47.5 cm³/mol. The minimum Gasteiger partial charge on any atom is -0.366 e. The van der Waals surface area contributed by atoms with Crippen molar-refractivity contribution in [2.24, 2.45) is 5.73 Å². The van der Waals surface area contributed by atoms with Crippen molar-refractivity contribution in [1.82, 2.24) is 4.98 Å². The van der Waals surface area contributed by atoms with Crippen LogP contribution in [0.4, 0.5) is 0 Å². The average molecular weight is 183 g/mol. The summed E-state index contributed by atoms with van der Waals surface area (Å²) in [6.45, 7) is 0. The van der Waals surface area contributed by atoms with Crippen LogP contribution in [-0.2, 0) is 4.79 Å². The van der Waals surface area contributed by atoms with Gasteiger partial charge in [-0.25, -0.2) is 4.98 Å². The Morgan fingerprint density at radius 3 is 3.00 bits per heavy atom. The Morgan fingerprint density at radius 2 is 2.42 bits per heavy atom. The molecule has 1 rings (SSSR count). The molecule has 62 valence electrons. The maximum atomic E-state index is 10.4. The third kappa shape index (κ3) is 2.36. The van der Waals surface area contributed by atoms with E-state index < -0.39 is 5.91 Å². The van der Waals surface area contributed by atoms with E-state index in [1.54, 1.807) is 18.3 Å². The summed E-state index contributed by atoms with van der Waals surface area (Å²) in [5.74, 6) is -0.505. The lowest BCUT2D eigenvalue weighted by molar-refractivity contribution is -0.113. The number of nitrogens with two attached hydrogens (primary N) is 1. The van der Waals surface area contributed by atoms with Crippen LogP contribution in [-0.4, -0.2) is 10.9 Å². The highest BCUT2D eigenvalue weighted by Gasteiger charge is 1.94. The first kappa shape index (κ1) is 8.74. The molecule has 0 fully saturated rings. The molecule has 0 aromatic carbocycles. The number of carbonyl (C=O) groups is 1. The van der Waals surface area contributed by atoms with Gasteiger partial charge in [-0.1, -0.05) is 17.7 Å². The molecule has 0 aliphatic heterocycles. The Kier molecular flexibility index (Phi) is 2.82. The van der Waals surface area contributed by atoms with Crippen molar-refractivity contribution in [1.29, 1.82) is 0 Å². The van der Waals surface area contributed by atoms with Crippen molar-refractivity contribution >= 4 is 23.6 Å². The van der Waals surface area contributed by atoms with Crippen LogP contribution in [0.1, 0.15) is 5.56 Å². The Bertz CT molecular complexity index is 323. The van der Waals surface area contributed by atoms with Gasteiger partial charge >= 0.3 is 0 Å². The van der Waals surface area contributed by atoms with E-state index in [0.29, 0.717) is 10.7 Å². The van der Waals surface area contributed by atoms with Crippen LogP contribution in [0.25, 0.3) is 6.08 Å². The first-order valence-electron chi connectivity index (χ1n) is 3.28. The van der Waals surface area contributed by atoms with Gasteiger partial charge in [0.1, 0.15) is 5.15 Å². The molecular weight excluding hydrogens is 176 g/mol. The minimum absolute atomic E-state index is 0.356. The van der Waals surface area contributed by atoms with Crippen molar-refractivity contribution in [3.8, 4) is 0 Å². The van der Waals surface area contributed by atoms with Gasteiger partial charge in [-0.15, -0.1) is 0 Å². The van der Waals surface area contributed by atoms with Crippen LogP contribution in [0.3, 0.4) is 0 Å². The molecule has 4 heteroatoms. The van der Waals surface area contributed by atoms with Crippen LogP contribution < -0.4 is 5.73 Å². The Labute approximate surface area is 74.9 Å². The van der Waals surface area contributed by atoms with Crippen molar-refractivity contribution < 1.29 is 4.79 Å². The molecule has 0 radical (unpaired) electrons. The van der Waals surface area contributed by atoms with E-state index >= 15 is 0 Å². The number of nitrogens with zero attached hydrogens (tertiary/aromatic N) is 1. The number of halogens is 1. The molecule has 0 aliphatic rings. The van der Waals surface area contributed by atoms with E-state index in [1.165, 1.54) is 12.2 Å². The topological polar surface area (TPSA) is 56.0 Å². The van der Waals surface area contributed by atoms with Gasteiger partial charge in [-0.05, 0) is 12.1 Å². The van der Waals surface area contributed by atoms with Gasteiger partial charge in [-0.3, -0.25) is 4.79 Å². The molecule has 0 bridgehead atoms. The van der Waals surface area contributed by atoms with Crippen molar-refractivity contribution in [3.63, 3.8) is 0 Å². The fourth-order valence-corrected chi connectivity index (χ4v) is 0.877. The molecule has 12 heavy (non-hydrogen) atoms. The largest absolute Gasteiger partial charge is 0.366 e. The first-order valence-corrected chi connectivity index (χ1v) is 3.66. The summed E-state index contributed by atoms with van der Waals surface area (Å²) in [7, 11) is 0. The molecule has 1 aromatic heterocycles. The zero-order chi connectivity index (χ0) is 8.97. The highest BCUT2D eigenvalue weighted by atomic mass is 35.5. The minimum atomic E-state index is -0.505. The molecule has 3 nitrogen and oxygen atoms in total. The molecule has 0 atom stereocenters. The number of carbonyl (C=O) groups excluding carboxylic acids is 1. The second-order valence-corrected chi connectivity index (χ2v) is 2.48. The van der Waals surface area contributed by atoms with Crippen LogP contribution >= 0.6 is 11.6 Å². The smallest absolute Gasteiger partial charge is 0.241 e. The molecule has 1 amide bonds. The predicted octanol–water partition coefficient (Wildman–Crippen LogP) is 1.23. The number of primary amides is 1. The van der Waals surface area contributed by atoms with E-state index in [-0.39, 0.29) is 0 Å². The summed E-state index contributed by atoms with van der Waals surface area (Å²) < 4.78 is 0. The Hall–Kier alpha value is -1.35. The molecule has 0 aliphatic carbocycles. The average Bonchev–Trinajstić information content (AvgIpc) is 2.03. The van der Waals surface area contributed by atoms with Crippen molar-refractivity contribution in [2.75, 3.05) is 0 Å². The van der Waals surface area contributed by atoms with E-state index in [4.69, 9.17) is 17.3 Å². The van der Waals surface area contributed by atoms with Gasteiger partial charge in [0.05, 0.1) is 0 Å². The van der Waals surface area contributed by atoms with Gasteiger partial charge in [0.2, 0.25) is 5.91 Å². The molecule has 2 N–H and O–H groups in total. The summed E-state index contributed by atoms with van der Waals surface area (Å²) in [5, 5.41) is 0.356. The summed E-state index contributed by atoms with van der Waals surface area (Å²) in [6.07, 6.45) is 4.34. The van der Waals surface area contributed by atoms with Gasteiger partial charge in [-0.2, -0.15) is 0 Å². The number of pyridine rings is 1. The molecule has 0 unspecified atom stereocenters.